The zero-order valence-corrected chi connectivity index (χ0v) is 11.2. The number of carbonyl (C=O) groups is 1. The molecular formula is C9H15N3O2S2. The standard InChI is InChI=1S/C9H15N3O2S2/c1-9(2,3)14-8(13)10-4-6-11-12-7(5-15)16-6/h15H,4-5H2,1-3H3,(H,10,13). The number of nitrogens with zero attached hydrogens (tertiary/aromatic N) is 2. The Morgan fingerprint density at radius 3 is 2.56 bits per heavy atom. The molecule has 0 spiro atoms. The minimum atomic E-state index is -0.485. The zero-order valence-electron chi connectivity index (χ0n) is 9.48. The molecule has 0 aliphatic heterocycles. The van der Waals surface area contributed by atoms with Crippen molar-refractivity contribution in [3.8, 4) is 0 Å². The first-order valence-electron chi connectivity index (χ1n) is 4.79. The molecule has 0 saturated carbocycles. The second-order valence-corrected chi connectivity index (χ2v) is 5.57. The van der Waals surface area contributed by atoms with Gasteiger partial charge in [-0.1, -0.05) is 11.3 Å². The fourth-order valence-corrected chi connectivity index (χ4v) is 1.79. The summed E-state index contributed by atoms with van der Waals surface area (Å²) in [6.45, 7) is 5.78. The molecule has 1 aromatic heterocycles. The Morgan fingerprint density at radius 1 is 1.44 bits per heavy atom. The first-order valence-corrected chi connectivity index (χ1v) is 6.24. The average molecular weight is 261 g/mol. The van der Waals surface area contributed by atoms with Gasteiger partial charge in [0.15, 0.2) is 0 Å². The Bertz CT molecular complexity index is 360. The number of nitrogens with one attached hydrogen (secondary N) is 1. The molecule has 1 heterocycles. The molecule has 0 fully saturated rings. The van der Waals surface area contributed by atoms with Crippen LogP contribution >= 0.6 is 24.0 Å². The van der Waals surface area contributed by atoms with Crippen LogP contribution < -0.4 is 5.32 Å². The maximum atomic E-state index is 11.3. The van der Waals surface area contributed by atoms with Crippen LogP contribution in [-0.4, -0.2) is 21.9 Å². The van der Waals surface area contributed by atoms with Gasteiger partial charge < -0.3 is 10.1 Å². The average Bonchev–Trinajstić information content (AvgIpc) is 2.59. The lowest BCUT2D eigenvalue weighted by Gasteiger charge is -2.19. The monoisotopic (exact) mass is 261 g/mol. The van der Waals surface area contributed by atoms with Crippen LogP contribution in [0.25, 0.3) is 0 Å². The molecule has 1 N–H and O–H groups in total. The topological polar surface area (TPSA) is 64.1 Å². The third kappa shape index (κ3) is 4.80. The molecule has 5 nitrogen and oxygen atoms in total. The highest BCUT2D eigenvalue weighted by atomic mass is 32.1. The van der Waals surface area contributed by atoms with Gasteiger partial charge in [0.25, 0.3) is 0 Å². The van der Waals surface area contributed by atoms with Crippen LogP contribution in [0.1, 0.15) is 30.8 Å². The van der Waals surface area contributed by atoms with Crippen molar-refractivity contribution in [3.05, 3.63) is 10.0 Å². The van der Waals surface area contributed by atoms with Gasteiger partial charge >= 0.3 is 6.09 Å². The molecule has 0 atom stereocenters. The zero-order chi connectivity index (χ0) is 12.2. The molecule has 0 radical (unpaired) electrons. The first kappa shape index (κ1) is 13.2. The van der Waals surface area contributed by atoms with Crippen molar-refractivity contribution in [1.29, 1.82) is 0 Å². The molecule has 1 rings (SSSR count). The molecule has 16 heavy (non-hydrogen) atoms. The highest BCUT2D eigenvalue weighted by Gasteiger charge is 2.16. The summed E-state index contributed by atoms with van der Waals surface area (Å²) in [6, 6.07) is 0. The molecule has 0 bridgehead atoms. The Morgan fingerprint density at radius 2 is 2.06 bits per heavy atom. The summed E-state index contributed by atoms with van der Waals surface area (Å²) in [5, 5.41) is 12.0. The van der Waals surface area contributed by atoms with E-state index in [9.17, 15) is 4.79 Å². The van der Waals surface area contributed by atoms with E-state index in [2.05, 4.69) is 28.1 Å². The number of hydrogen-bond acceptors (Lipinski definition) is 6. The predicted molar refractivity (Wildman–Crippen MR) is 65.7 cm³/mol. The quantitative estimate of drug-likeness (QED) is 0.817. The van der Waals surface area contributed by atoms with E-state index >= 15 is 0 Å². The number of rotatable bonds is 3. The van der Waals surface area contributed by atoms with E-state index in [0.717, 1.165) is 10.0 Å². The molecule has 7 heteroatoms. The third-order valence-electron chi connectivity index (χ3n) is 1.43. The summed E-state index contributed by atoms with van der Waals surface area (Å²) < 4.78 is 5.08. The lowest BCUT2D eigenvalue weighted by molar-refractivity contribution is 0.0523. The molecule has 90 valence electrons. The first-order chi connectivity index (χ1) is 7.40. The van der Waals surface area contributed by atoms with Gasteiger partial charge in [0.1, 0.15) is 15.6 Å². The maximum absolute atomic E-state index is 11.3. The summed E-state index contributed by atoms with van der Waals surface area (Å²) in [6.07, 6.45) is -0.449. The molecule has 0 unspecified atom stereocenters. The van der Waals surface area contributed by atoms with Gasteiger partial charge in [-0.2, -0.15) is 12.6 Å². The van der Waals surface area contributed by atoms with E-state index in [0.29, 0.717) is 12.3 Å². The normalized spacial score (nSPS) is 11.2. The fraction of sp³-hybridized carbons (Fsp3) is 0.667. The Hall–Kier alpha value is -0.820. The van der Waals surface area contributed by atoms with Crippen LogP contribution in [0.2, 0.25) is 0 Å². The number of alkyl carbamates (subject to hydrolysis) is 1. The van der Waals surface area contributed by atoms with Crippen LogP contribution in [0.5, 0.6) is 0 Å². The number of aromatic nitrogens is 2. The van der Waals surface area contributed by atoms with Crippen LogP contribution in [-0.2, 0) is 17.0 Å². The van der Waals surface area contributed by atoms with Gasteiger partial charge in [-0.3, -0.25) is 0 Å². The van der Waals surface area contributed by atoms with Gasteiger partial charge in [-0.15, -0.1) is 10.2 Å². The van der Waals surface area contributed by atoms with Gasteiger partial charge in [-0.25, -0.2) is 4.79 Å². The lowest BCUT2D eigenvalue weighted by Crippen LogP contribution is -2.32. The number of carbonyl (C=O) groups excluding carboxylic acids is 1. The molecule has 0 aliphatic carbocycles. The van der Waals surface area contributed by atoms with Crippen LogP contribution in [0, 0.1) is 0 Å². The van der Waals surface area contributed by atoms with Crippen molar-refractivity contribution < 1.29 is 9.53 Å². The highest BCUT2D eigenvalue weighted by molar-refractivity contribution is 7.79. The SMILES string of the molecule is CC(C)(C)OC(=O)NCc1nnc(CS)s1. The van der Waals surface area contributed by atoms with E-state index in [1.54, 1.807) is 0 Å². The van der Waals surface area contributed by atoms with E-state index in [4.69, 9.17) is 4.74 Å². The Kier molecular flexibility index (Phi) is 4.55. The molecule has 0 aromatic carbocycles. The number of amides is 1. The Balaban J connectivity index is 2.37. The predicted octanol–water partition coefficient (Wildman–Crippen LogP) is 1.99. The summed E-state index contributed by atoms with van der Waals surface area (Å²) >= 11 is 5.51. The van der Waals surface area contributed by atoms with E-state index < -0.39 is 11.7 Å². The second kappa shape index (κ2) is 5.49. The number of ether oxygens (including phenoxy) is 1. The largest absolute Gasteiger partial charge is 0.444 e. The van der Waals surface area contributed by atoms with Crippen LogP contribution in [0.15, 0.2) is 0 Å². The van der Waals surface area contributed by atoms with E-state index in [1.807, 2.05) is 20.8 Å². The Labute approximate surface area is 104 Å². The van der Waals surface area contributed by atoms with Crippen molar-refractivity contribution in [2.24, 2.45) is 0 Å². The smallest absolute Gasteiger partial charge is 0.408 e. The fourth-order valence-electron chi connectivity index (χ4n) is 0.886. The summed E-state index contributed by atoms with van der Waals surface area (Å²) in [5.41, 5.74) is -0.485. The molecular weight excluding hydrogens is 246 g/mol. The minimum Gasteiger partial charge on any atom is -0.444 e. The summed E-state index contributed by atoms with van der Waals surface area (Å²) in [7, 11) is 0. The van der Waals surface area contributed by atoms with Crippen molar-refractivity contribution in [1.82, 2.24) is 15.5 Å². The molecule has 0 aliphatic rings. The van der Waals surface area contributed by atoms with Crippen molar-refractivity contribution in [2.75, 3.05) is 0 Å². The maximum Gasteiger partial charge on any atom is 0.408 e. The second-order valence-electron chi connectivity index (χ2n) is 4.10. The minimum absolute atomic E-state index is 0.334. The van der Waals surface area contributed by atoms with Crippen LogP contribution in [0.4, 0.5) is 4.79 Å². The van der Waals surface area contributed by atoms with E-state index in [-0.39, 0.29) is 0 Å². The van der Waals surface area contributed by atoms with Gasteiger partial charge in [-0.05, 0) is 20.8 Å². The third-order valence-corrected chi connectivity index (χ3v) is 2.86. The molecule has 0 saturated heterocycles. The lowest BCUT2D eigenvalue weighted by atomic mass is 10.2. The number of hydrogen-bond donors (Lipinski definition) is 2. The van der Waals surface area contributed by atoms with Gasteiger partial charge in [0, 0.05) is 5.75 Å². The van der Waals surface area contributed by atoms with Crippen molar-refractivity contribution in [3.63, 3.8) is 0 Å². The van der Waals surface area contributed by atoms with Crippen molar-refractivity contribution in [2.45, 2.75) is 38.7 Å². The highest BCUT2D eigenvalue weighted by Crippen LogP contribution is 2.11. The van der Waals surface area contributed by atoms with Gasteiger partial charge in [0.2, 0.25) is 0 Å². The van der Waals surface area contributed by atoms with Gasteiger partial charge in [0.05, 0.1) is 6.54 Å². The summed E-state index contributed by atoms with van der Waals surface area (Å²) in [4.78, 5) is 11.3. The van der Waals surface area contributed by atoms with Crippen LogP contribution in [0.3, 0.4) is 0 Å². The van der Waals surface area contributed by atoms with E-state index in [1.165, 1.54) is 11.3 Å². The summed E-state index contributed by atoms with van der Waals surface area (Å²) in [5.74, 6) is 0.560. The number of thiol groups is 1. The van der Waals surface area contributed by atoms with Crippen molar-refractivity contribution >= 4 is 30.1 Å². The molecule has 1 aromatic rings. The molecule has 1 amide bonds.